The number of hydrogen-bond donors (Lipinski definition) is 1. The molecule has 0 unspecified atom stereocenters. The quantitative estimate of drug-likeness (QED) is 0.691. The number of fused-ring (bicyclic) bond motifs is 1. The van der Waals surface area contributed by atoms with Gasteiger partial charge >= 0.3 is 0 Å². The molecule has 0 bridgehead atoms. The number of aryl methyl sites for hydroxylation is 1. The molecule has 0 aliphatic rings. The lowest BCUT2D eigenvalue weighted by Crippen LogP contribution is -1.72. The second-order valence-electron chi connectivity index (χ2n) is 2.63. The van der Waals surface area contributed by atoms with Gasteiger partial charge in [0.25, 0.3) is 0 Å². The summed E-state index contributed by atoms with van der Waals surface area (Å²) in [6.07, 6.45) is 0. The molecule has 0 radical (unpaired) electrons. The molecule has 90 valence electrons. The van der Waals surface area contributed by atoms with Gasteiger partial charge in [0.1, 0.15) is 5.52 Å². The van der Waals surface area contributed by atoms with Crippen LogP contribution in [0, 0.1) is 6.92 Å². The van der Waals surface area contributed by atoms with Crippen LogP contribution in [0.4, 0.5) is 0 Å². The van der Waals surface area contributed by atoms with Gasteiger partial charge in [-0.15, -0.1) is 0 Å². The largest absolute Gasteiger partial charge is 0.282 e. The number of benzene rings is 1. The molecule has 0 aliphatic heterocycles. The maximum absolute atomic E-state index is 5.91. The van der Waals surface area contributed by atoms with Crippen LogP contribution in [0.25, 0.3) is 10.9 Å². The highest BCUT2D eigenvalue weighted by atomic mass is 35.5. The first-order chi connectivity index (χ1) is 7.68. The van der Waals surface area contributed by atoms with E-state index in [2.05, 4.69) is 10.2 Å². The standard InChI is InChI=1S/C8H6Cl2N2.2C2H6/c1-4-6-2-5(9)3-7(10)8(6)12-11-4;2*1-2/h2-3H,1H3,(H,11,12);2*1-2H3. The summed E-state index contributed by atoms with van der Waals surface area (Å²) >= 11 is 11.7. The van der Waals surface area contributed by atoms with Gasteiger partial charge in [-0.3, -0.25) is 5.10 Å². The van der Waals surface area contributed by atoms with Crippen LogP contribution in [-0.2, 0) is 0 Å². The Hall–Kier alpha value is -0.730. The summed E-state index contributed by atoms with van der Waals surface area (Å²) in [5.74, 6) is 0. The molecule has 2 aromatic rings. The van der Waals surface area contributed by atoms with Crippen LogP contribution in [0.15, 0.2) is 12.1 Å². The highest BCUT2D eigenvalue weighted by molar-refractivity contribution is 6.38. The lowest BCUT2D eigenvalue weighted by molar-refractivity contribution is 1.07. The SMILES string of the molecule is CC.CC.Cc1[nH]nc2c(Cl)cc(Cl)cc12. The number of aromatic nitrogens is 2. The molecule has 2 rings (SSSR count). The van der Waals surface area contributed by atoms with Crippen molar-refractivity contribution in [2.75, 3.05) is 0 Å². The number of nitrogens with one attached hydrogen (secondary N) is 1. The van der Waals surface area contributed by atoms with Gasteiger partial charge in [0.05, 0.1) is 5.02 Å². The Balaban J connectivity index is 0.000000509. The smallest absolute Gasteiger partial charge is 0.111 e. The Morgan fingerprint density at radius 2 is 1.62 bits per heavy atom. The van der Waals surface area contributed by atoms with Gasteiger partial charge in [-0.25, -0.2) is 0 Å². The Bertz CT molecular complexity index is 436. The van der Waals surface area contributed by atoms with Crippen molar-refractivity contribution in [2.45, 2.75) is 34.6 Å². The molecule has 0 amide bonds. The number of hydrogen-bond acceptors (Lipinski definition) is 1. The van der Waals surface area contributed by atoms with Crippen molar-refractivity contribution in [1.82, 2.24) is 10.2 Å². The molecule has 1 heterocycles. The minimum atomic E-state index is 0.585. The Morgan fingerprint density at radius 1 is 1.06 bits per heavy atom. The molecule has 0 fully saturated rings. The molecule has 0 atom stereocenters. The molecule has 2 nitrogen and oxygen atoms in total. The zero-order valence-corrected chi connectivity index (χ0v) is 11.9. The fourth-order valence-electron chi connectivity index (χ4n) is 1.17. The van der Waals surface area contributed by atoms with Crippen molar-refractivity contribution < 1.29 is 0 Å². The molecule has 0 saturated heterocycles. The van der Waals surface area contributed by atoms with E-state index in [-0.39, 0.29) is 0 Å². The Morgan fingerprint density at radius 3 is 2.19 bits per heavy atom. The predicted molar refractivity (Wildman–Crippen MR) is 73.5 cm³/mol. The van der Waals surface area contributed by atoms with Crippen LogP contribution in [0.3, 0.4) is 0 Å². The highest BCUT2D eigenvalue weighted by Crippen LogP contribution is 2.27. The summed E-state index contributed by atoms with van der Waals surface area (Å²) in [5, 5.41) is 9.10. The third-order valence-corrected chi connectivity index (χ3v) is 2.27. The number of H-pyrrole nitrogens is 1. The van der Waals surface area contributed by atoms with Gasteiger partial charge in [-0.2, -0.15) is 5.10 Å². The van der Waals surface area contributed by atoms with Crippen molar-refractivity contribution >= 4 is 34.1 Å². The average Bonchev–Trinajstić information content (AvgIpc) is 2.67. The van der Waals surface area contributed by atoms with E-state index in [0.29, 0.717) is 10.0 Å². The van der Waals surface area contributed by atoms with Crippen LogP contribution in [-0.4, -0.2) is 10.2 Å². The Labute approximate surface area is 107 Å². The normalized spacial score (nSPS) is 8.94. The molecule has 0 aliphatic carbocycles. The second-order valence-corrected chi connectivity index (χ2v) is 3.48. The summed E-state index contributed by atoms with van der Waals surface area (Å²) in [6.45, 7) is 9.93. The van der Waals surface area contributed by atoms with E-state index in [0.717, 1.165) is 16.6 Å². The summed E-state index contributed by atoms with van der Waals surface area (Å²) < 4.78 is 0. The van der Waals surface area contributed by atoms with E-state index in [1.54, 1.807) is 6.07 Å². The van der Waals surface area contributed by atoms with Crippen molar-refractivity contribution in [3.8, 4) is 0 Å². The fraction of sp³-hybridized carbons (Fsp3) is 0.417. The molecular formula is C12H18Cl2N2. The zero-order chi connectivity index (χ0) is 12.7. The summed E-state index contributed by atoms with van der Waals surface area (Å²) in [5.41, 5.74) is 1.76. The molecule has 4 heteroatoms. The second kappa shape index (κ2) is 7.53. The summed E-state index contributed by atoms with van der Waals surface area (Å²) in [4.78, 5) is 0. The van der Waals surface area contributed by atoms with E-state index in [4.69, 9.17) is 23.2 Å². The zero-order valence-electron chi connectivity index (χ0n) is 10.4. The van der Waals surface area contributed by atoms with E-state index in [9.17, 15) is 0 Å². The van der Waals surface area contributed by atoms with Gasteiger partial charge in [0.15, 0.2) is 0 Å². The van der Waals surface area contributed by atoms with E-state index >= 15 is 0 Å². The minimum absolute atomic E-state index is 0.585. The van der Waals surface area contributed by atoms with Crippen LogP contribution in [0.2, 0.25) is 10.0 Å². The number of rotatable bonds is 0. The molecule has 1 aromatic carbocycles. The van der Waals surface area contributed by atoms with Crippen LogP contribution in [0.5, 0.6) is 0 Å². The highest BCUT2D eigenvalue weighted by Gasteiger charge is 2.06. The van der Waals surface area contributed by atoms with Gasteiger partial charge in [0, 0.05) is 16.1 Å². The van der Waals surface area contributed by atoms with Crippen LogP contribution < -0.4 is 0 Å². The molecule has 0 saturated carbocycles. The third-order valence-electron chi connectivity index (χ3n) is 1.77. The van der Waals surface area contributed by atoms with Crippen molar-refractivity contribution in [2.24, 2.45) is 0 Å². The number of nitrogens with zero attached hydrogens (tertiary/aromatic N) is 1. The maximum Gasteiger partial charge on any atom is 0.111 e. The maximum atomic E-state index is 5.91. The molecular weight excluding hydrogens is 243 g/mol. The monoisotopic (exact) mass is 260 g/mol. The van der Waals surface area contributed by atoms with Crippen LogP contribution in [0.1, 0.15) is 33.4 Å². The third kappa shape index (κ3) is 3.39. The van der Waals surface area contributed by atoms with Crippen LogP contribution >= 0.6 is 23.2 Å². The first-order valence-corrected chi connectivity index (χ1v) is 6.24. The van der Waals surface area contributed by atoms with Gasteiger partial charge in [-0.1, -0.05) is 50.9 Å². The first-order valence-electron chi connectivity index (χ1n) is 5.48. The lowest BCUT2D eigenvalue weighted by atomic mass is 10.2. The predicted octanol–water partition coefficient (Wildman–Crippen LogP) is 5.23. The van der Waals surface area contributed by atoms with Crippen molar-refractivity contribution in [1.29, 1.82) is 0 Å². The van der Waals surface area contributed by atoms with E-state index in [1.807, 2.05) is 40.7 Å². The average molecular weight is 261 g/mol. The fourth-order valence-corrected chi connectivity index (χ4v) is 1.70. The molecule has 0 spiro atoms. The Kier molecular flexibility index (Phi) is 7.18. The van der Waals surface area contributed by atoms with E-state index in [1.165, 1.54) is 0 Å². The van der Waals surface area contributed by atoms with Gasteiger partial charge < -0.3 is 0 Å². The van der Waals surface area contributed by atoms with Crippen molar-refractivity contribution in [3.63, 3.8) is 0 Å². The number of halogens is 2. The minimum Gasteiger partial charge on any atom is -0.282 e. The number of aromatic amines is 1. The van der Waals surface area contributed by atoms with Crippen molar-refractivity contribution in [3.05, 3.63) is 27.9 Å². The topological polar surface area (TPSA) is 28.7 Å². The van der Waals surface area contributed by atoms with Gasteiger partial charge in [0.2, 0.25) is 0 Å². The van der Waals surface area contributed by atoms with Gasteiger partial charge in [-0.05, 0) is 19.1 Å². The molecule has 16 heavy (non-hydrogen) atoms. The molecule has 1 aromatic heterocycles. The molecule has 1 N–H and O–H groups in total. The summed E-state index contributed by atoms with van der Waals surface area (Å²) in [7, 11) is 0. The summed E-state index contributed by atoms with van der Waals surface area (Å²) in [6, 6.07) is 3.54. The lowest BCUT2D eigenvalue weighted by Gasteiger charge is -1.93. The van der Waals surface area contributed by atoms with E-state index < -0.39 is 0 Å². The first kappa shape index (κ1) is 15.3.